The number of hydrogen-bond donors (Lipinski definition) is 1. The summed E-state index contributed by atoms with van der Waals surface area (Å²) < 4.78 is 0. The van der Waals surface area contributed by atoms with Gasteiger partial charge >= 0.3 is 0 Å². The molecule has 0 aliphatic carbocycles. The van der Waals surface area contributed by atoms with E-state index in [0.717, 1.165) is 33.3 Å². The molecule has 3 rings (SSSR count). The number of halogens is 2. The first-order valence-electron chi connectivity index (χ1n) is 7.01. The Balaban J connectivity index is 2.34. The van der Waals surface area contributed by atoms with Gasteiger partial charge in [-0.15, -0.1) is 0 Å². The van der Waals surface area contributed by atoms with Crippen LogP contribution in [-0.2, 0) is 0 Å². The summed E-state index contributed by atoms with van der Waals surface area (Å²) in [5, 5.41) is 12.4. The van der Waals surface area contributed by atoms with Gasteiger partial charge in [-0.1, -0.05) is 63.9 Å². The molecule has 112 valence electrons. The lowest BCUT2D eigenvalue weighted by atomic mass is 9.99. The van der Waals surface area contributed by atoms with Crippen molar-refractivity contribution in [1.82, 2.24) is 4.98 Å². The van der Waals surface area contributed by atoms with Gasteiger partial charge in [0, 0.05) is 21.3 Å². The third-order valence-electron chi connectivity index (χ3n) is 3.78. The number of fused-ring (bicyclic) bond motifs is 1. The molecule has 1 heterocycles. The lowest BCUT2D eigenvalue weighted by Gasteiger charge is -2.15. The molecule has 1 aromatic heterocycles. The fourth-order valence-electron chi connectivity index (χ4n) is 2.55. The first-order valence-corrected chi connectivity index (χ1v) is 8.51. The molecular formula is C18H15BrClNO. The molecule has 3 aromatic rings. The Labute approximate surface area is 142 Å². The van der Waals surface area contributed by atoms with Gasteiger partial charge in [0.25, 0.3) is 0 Å². The number of rotatable bonds is 3. The Hall–Kier alpha value is -1.42. The first kappa shape index (κ1) is 15.5. The number of nitrogens with zero attached hydrogens (tertiary/aromatic N) is 1. The molecule has 0 aliphatic heterocycles. The van der Waals surface area contributed by atoms with Crippen LogP contribution in [0.2, 0.25) is 5.02 Å². The molecular weight excluding hydrogens is 362 g/mol. The van der Waals surface area contributed by atoms with Crippen LogP contribution < -0.4 is 0 Å². The largest absolute Gasteiger partial charge is 0.388 e. The Morgan fingerprint density at radius 2 is 1.91 bits per heavy atom. The fraction of sp³-hybridized carbons (Fsp3) is 0.167. The van der Waals surface area contributed by atoms with E-state index in [9.17, 15) is 5.11 Å². The van der Waals surface area contributed by atoms with Crippen LogP contribution >= 0.6 is 27.5 Å². The van der Waals surface area contributed by atoms with Crippen molar-refractivity contribution in [1.29, 1.82) is 0 Å². The zero-order chi connectivity index (χ0) is 15.7. The Bertz CT molecular complexity index is 820. The van der Waals surface area contributed by atoms with Crippen LogP contribution in [0.25, 0.3) is 22.2 Å². The molecule has 0 fully saturated rings. The van der Waals surface area contributed by atoms with Gasteiger partial charge < -0.3 is 5.11 Å². The maximum Gasteiger partial charge on any atom is 0.0894 e. The van der Waals surface area contributed by atoms with Crippen molar-refractivity contribution >= 4 is 38.4 Å². The minimum absolute atomic E-state index is 0.474. The highest BCUT2D eigenvalue weighted by Crippen LogP contribution is 2.33. The van der Waals surface area contributed by atoms with Crippen molar-refractivity contribution < 1.29 is 5.11 Å². The molecule has 22 heavy (non-hydrogen) atoms. The highest BCUT2D eigenvalue weighted by molar-refractivity contribution is 9.09. The summed E-state index contributed by atoms with van der Waals surface area (Å²) in [5.41, 5.74) is 4.49. The third kappa shape index (κ3) is 2.76. The molecule has 2 aromatic carbocycles. The van der Waals surface area contributed by atoms with Gasteiger partial charge in [-0.3, -0.25) is 0 Å². The van der Waals surface area contributed by atoms with E-state index in [1.54, 1.807) is 0 Å². The molecule has 0 amide bonds. The average Bonchev–Trinajstić information content (AvgIpc) is 2.57. The van der Waals surface area contributed by atoms with Gasteiger partial charge in [-0.25, -0.2) is 4.98 Å². The van der Waals surface area contributed by atoms with E-state index in [4.69, 9.17) is 16.6 Å². The lowest BCUT2D eigenvalue weighted by Crippen LogP contribution is -2.02. The van der Waals surface area contributed by atoms with Crippen LogP contribution in [-0.4, -0.2) is 15.4 Å². The summed E-state index contributed by atoms with van der Waals surface area (Å²) in [4.78, 5) is 4.77. The fourth-order valence-corrected chi connectivity index (χ4v) is 3.05. The van der Waals surface area contributed by atoms with E-state index in [2.05, 4.69) is 15.9 Å². The van der Waals surface area contributed by atoms with Gasteiger partial charge in [-0.2, -0.15) is 0 Å². The molecule has 0 radical (unpaired) electrons. The summed E-state index contributed by atoms with van der Waals surface area (Å²) >= 11 is 9.59. The number of aromatic nitrogens is 1. The number of alkyl halides is 1. The molecule has 0 saturated carbocycles. The smallest absolute Gasteiger partial charge is 0.0894 e. The minimum Gasteiger partial charge on any atom is -0.388 e. The summed E-state index contributed by atoms with van der Waals surface area (Å²) in [6, 6.07) is 15.7. The van der Waals surface area contributed by atoms with Crippen LogP contribution in [0.5, 0.6) is 0 Å². The van der Waals surface area contributed by atoms with Crippen molar-refractivity contribution in [3.05, 3.63) is 64.7 Å². The van der Waals surface area contributed by atoms with E-state index in [1.807, 2.05) is 55.5 Å². The highest BCUT2D eigenvalue weighted by atomic mass is 79.9. The zero-order valence-electron chi connectivity index (χ0n) is 12.1. The zero-order valence-corrected chi connectivity index (χ0v) is 14.4. The second kappa shape index (κ2) is 6.37. The quantitative estimate of drug-likeness (QED) is 0.630. The van der Waals surface area contributed by atoms with E-state index < -0.39 is 6.10 Å². The normalized spacial score (nSPS) is 12.5. The Morgan fingerprint density at radius 3 is 2.59 bits per heavy atom. The molecule has 0 spiro atoms. The second-order valence-electron chi connectivity index (χ2n) is 5.20. The van der Waals surface area contributed by atoms with E-state index in [-0.39, 0.29) is 0 Å². The van der Waals surface area contributed by atoms with Gasteiger partial charge in [0.2, 0.25) is 0 Å². The predicted molar refractivity (Wildman–Crippen MR) is 95.7 cm³/mol. The van der Waals surface area contributed by atoms with E-state index >= 15 is 0 Å². The van der Waals surface area contributed by atoms with Crippen LogP contribution in [0.4, 0.5) is 0 Å². The summed E-state index contributed by atoms with van der Waals surface area (Å²) in [7, 11) is 0. The molecule has 1 N–H and O–H groups in total. The molecule has 0 bridgehead atoms. The van der Waals surface area contributed by atoms with Gasteiger partial charge in [0.15, 0.2) is 0 Å². The number of benzene rings is 2. The molecule has 1 atom stereocenters. The van der Waals surface area contributed by atoms with E-state index in [1.165, 1.54) is 0 Å². The van der Waals surface area contributed by atoms with Gasteiger partial charge in [-0.05, 0) is 30.2 Å². The van der Waals surface area contributed by atoms with Crippen molar-refractivity contribution in [2.75, 3.05) is 5.33 Å². The van der Waals surface area contributed by atoms with Crippen LogP contribution in [0, 0.1) is 6.92 Å². The first-order chi connectivity index (χ1) is 10.6. The third-order valence-corrected chi connectivity index (χ3v) is 4.80. The van der Waals surface area contributed by atoms with Crippen molar-refractivity contribution in [3.63, 3.8) is 0 Å². The molecule has 0 aliphatic rings. The molecule has 4 heteroatoms. The number of aryl methyl sites for hydroxylation is 1. The number of aliphatic hydroxyl groups is 1. The monoisotopic (exact) mass is 375 g/mol. The second-order valence-corrected chi connectivity index (χ2v) is 6.26. The van der Waals surface area contributed by atoms with Crippen molar-refractivity contribution in [2.24, 2.45) is 0 Å². The molecule has 0 saturated heterocycles. The maximum atomic E-state index is 10.4. The van der Waals surface area contributed by atoms with Gasteiger partial charge in [0.1, 0.15) is 0 Å². The van der Waals surface area contributed by atoms with Gasteiger partial charge in [0.05, 0.1) is 17.3 Å². The Morgan fingerprint density at radius 1 is 1.18 bits per heavy atom. The lowest BCUT2D eigenvalue weighted by molar-refractivity contribution is 0.207. The summed E-state index contributed by atoms with van der Waals surface area (Å²) in [6.07, 6.45) is -0.589. The summed E-state index contributed by atoms with van der Waals surface area (Å²) in [6.45, 7) is 1.96. The highest BCUT2D eigenvalue weighted by Gasteiger charge is 2.15. The Kier molecular flexibility index (Phi) is 4.48. The maximum absolute atomic E-state index is 10.4. The number of pyridine rings is 1. The minimum atomic E-state index is -0.589. The number of hydrogen-bond acceptors (Lipinski definition) is 2. The van der Waals surface area contributed by atoms with Crippen molar-refractivity contribution in [3.8, 4) is 11.3 Å². The molecule has 0 unspecified atom stereocenters. The van der Waals surface area contributed by atoms with E-state index in [0.29, 0.717) is 10.4 Å². The van der Waals surface area contributed by atoms with Crippen LogP contribution in [0.1, 0.15) is 17.2 Å². The standard InChI is InChI=1S/C18H15BrClNO/c1-11-15(20)8-7-13-14(17(22)10-19)9-16(21-18(11)13)12-5-3-2-4-6-12/h2-9,17,22H,10H2,1H3/t17-/m0/s1. The molecule has 2 nitrogen and oxygen atoms in total. The van der Waals surface area contributed by atoms with Crippen LogP contribution in [0.15, 0.2) is 48.5 Å². The number of aliphatic hydroxyl groups excluding tert-OH is 1. The SMILES string of the molecule is Cc1c(Cl)ccc2c([C@@H](O)CBr)cc(-c3ccccc3)nc12. The topological polar surface area (TPSA) is 33.1 Å². The average molecular weight is 377 g/mol. The predicted octanol–water partition coefficient (Wildman–Crippen LogP) is 5.29. The van der Waals surface area contributed by atoms with Crippen LogP contribution in [0.3, 0.4) is 0 Å². The van der Waals surface area contributed by atoms with Crippen molar-refractivity contribution in [2.45, 2.75) is 13.0 Å². The summed E-state index contributed by atoms with van der Waals surface area (Å²) in [5.74, 6) is 0.